The number of fused-ring (bicyclic) bond motifs is 1. The van der Waals surface area contributed by atoms with E-state index in [0.29, 0.717) is 0 Å². The Morgan fingerprint density at radius 3 is 2.54 bits per heavy atom. The number of nitrogens with zero attached hydrogens (tertiary/aromatic N) is 3. The van der Waals surface area contributed by atoms with Gasteiger partial charge in [0.05, 0.1) is 11.0 Å². The van der Waals surface area contributed by atoms with Gasteiger partial charge in [-0.05, 0) is 50.5 Å². The van der Waals surface area contributed by atoms with Gasteiger partial charge in [-0.25, -0.2) is 4.98 Å². The summed E-state index contributed by atoms with van der Waals surface area (Å²) in [5, 5.41) is 3.20. The van der Waals surface area contributed by atoms with Gasteiger partial charge in [-0.15, -0.1) is 0 Å². The molecule has 1 N–H and O–H groups in total. The van der Waals surface area contributed by atoms with E-state index < -0.39 is 0 Å². The Morgan fingerprint density at radius 1 is 1.11 bits per heavy atom. The molecule has 146 valence electrons. The molecule has 28 heavy (non-hydrogen) atoms. The maximum Gasteiger partial charge on any atom is 0.251 e. The molecular formula is C23H28N4O. The second-order valence-electron chi connectivity index (χ2n) is 7.65. The SMILES string of the molecule is CCCn1c(N2CCC(NC(=O)c3ccc(C)cc3)CC2)nc2ccccc21. The second-order valence-corrected chi connectivity index (χ2v) is 7.65. The number of rotatable bonds is 5. The summed E-state index contributed by atoms with van der Waals surface area (Å²) in [6.07, 6.45) is 2.95. The lowest BCUT2D eigenvalue weighted by atomic mass is 10.0. The monoisotopic (exact) mass is 376 g/mol. The Kier molecular flexibility index (Phi) is 5.33. The maximum absolute atomic E-state index is 12.5. The number of hydrogen-bond donors (Lipinski definition) is 1. The highest BCUT2D eigenvalue weighted by Crippen LogP contribution is 2.25. The highest BCUT2D eigenvalue weighted by Gasteiger charge is 2.24. The minimum atomic E-state index is 0.0247. The number of aromatic nitrogens is 2. The quantitative estimate of drug-likeness (QED) is 0.728. The van der Waals surface area contributed by atoms with E-state index in [2.05, 4.69) is 39.9 Å². The lowest BCUT2D eigenvalue weighted by Gasteiger charge is -2.33. The number of piperidine rings is 1. The topological polar surface area (TPSA) is 50.2 Å². The molecule has 0 unspecified atom stereocenters. The predicted molar refractivity (Wildman–Crippen MR) is 114 cm³/mol. The number of aryl methyl sites for hydroxylation is 2. The molecule has 3 aromatic rings. The van der Waals surface area contributed by atoms with Gasteiger partial charge in [0.25, 0.3) is 5.91 Å². The zero-order valence-corrected chi connectivity index (χ0v) is 16.7. The van der Waals surface area contributed by atoms with Crippen molar-refractivity contribution in [1.29, 1.82) is 0 Å². The van der Waals surface area contributed by atoms with Crippen LogP contribution in [0.15, 0.2) is 48.5 Å². The van der Waals surface area contributed by atoms with Crippen LogP contribution in [-0.4, -0.2) is 34.6 Å². The van der Waals surface area contributed by atoms with Crippen molar-refractivity contribution < 1.29 is 4.79 Å². The normalized spacial score (nSPS) is 15.1. The number of carbonyl (C=O) groups is 1. The number of imidazole rings is 1. The van der Waals surface area contributed by atoms with E-state index in [0.717, 1.165) is 55.9 Å². The van der Waals surface area contributed by atoms with E-state index in [1.807, 2.05) is 37.3 Å². The molecule has 0 bridgehead atoms. The summed E-state index contributed by atoms with van der Waals surface area (Å²) in [4.78, 5) is 19.8. The van der Waals surface area contributed by atoms with Crippen LogP contribution in [0, 0.1) is 6.92 Å². The van der Waals surface area contributed by atoms with Crippen molar-refractivity contribution >= 4 is 22.9 Å². The summed E-state index contributed by atoms with van der Waals surface area (Å²) in [6, 6.07) is 16.3. The molecular weight excluding hydrogens is 348 g/mol. The first-order valence-electron chi connectivity index (χ1n) is 10.2. The van der Waals surface area contributed by atoms with Crippen molar-refractivity contribution in [3.63, 3.8) is 0 Å². The number of nitrogens with one attached hydrogen (secondary N) is 1. The molecule has 5 heteroatoms. The number of anilines is 1. The van der Waals surface area contributed by atoms with Crippen molar-refractivity contribution in [2.75, 3.05) is 18.0 Å². The third kappa shape index (κ3) is 3.75. The maximum atomic E-state index is 12.5. The van der Waals surface area contributed by atoms with Crippen molar-refractivity contribution in [3.05, 3.63) is 59.7 Å². The summed E-state index contributed by atoms with van der Waals surface area (Å²) in [5.41, 5.74) is 4.16. The summed E-state index contributed by atoms with van der Waals surface area (Å²) >= 11 is 0. The van der Waals surface area contributed by atoms with Crippen LogP contribution in [0.2, 0.25) is 0 Å². The van der Waals surface area contributed by atoms with Gasteiger partial charge >= 0.3 is 0 Å². The van der Waals surface area contributed by atoms with E-state index in [1.165, 1.54) is 11.1 Å². The molecule has 1 saturated heterocycles. The second kappa shape index (κ2) is 8.05. The van der Waals surface area contributed by atoms with E-state index in [4.69, 9.17) is 4.98 Å². The average molecular weight is 377 g/mol. The van der Waals surface area contributed by atoms with Crippen LogP contribution >= 0.6 is 0 Å². The average Bonchev–Trinajstić information content (AvgIpc) is 3.08. The molecule has 1 aliphatic heterocycles. The van der Waals surface area contributed by atoms with Crippen molar-refractivity contribution in [2.45, 2.75) is 45.7 Å². The number of amides is 1. The fourth-order valence-electron chi connectivity index (χ4n) is 3.95. The highest BCUT2D eigenvalue weighted by molar-refractivity contribution is 5.94. The lowest BCUT2D eigenvalue weighted by molar-refractivity contribution is 0.0931. The van der Waals surface area contributed by atoms with Gasteiger partial charge in [0.1, 0.15) is 0 Å². The predicted octanol–water partition coefficient (Wildman–Crippen LogP) is 4.15. The van der Waals surface area contributed by atoms with Crippen LogP contribution in [0.25, 0.3) is 11.0 Å². The standard InChI is InChI=1S/C23H28N4O/c1-3-14-27-21-7-5-4-6-20(21)25-23(27)26-15-12-19(13-16-26)24-22(28)18-10-8-17(2)9-11-18/h4-11,19H,3,12-16H2,1-2H3,(H,24,28). The molecule has 1 fully saturated rings. The molecule has 0 atom stereocenters. The third-order valence-corrected chi connectivity index (χ3v) is 5.51. The van der Waals surface area contributed by atoms with Crippen LogP contribution < -0.4 is 10.2 Å². The minimum absolute atomic E-state index is 0.0247. The Balaban J connectivity index is 1.43. The molecule has 4 rings (SSSR count). The van der Waals surface area contributed by atoms with Gasteiger partial charge in [-0.3, -0.25) is 4.79 Å². The summed E-state index contributed by atoms with van der Waals surface area (Å²) in [5.74, 6) is 1.09. The van der Waals surface area contributed by atoms with Crippen LogP contribution in [0.4, 0.5) is 5.95 Å². The number of para-hydroxylation sites is 2. The third-order valence-electron chi connectivity index (χ3n) is 5.51. The molecule has 2 aromatic carbocycles. The number of benzene rings is 2. The van der Waals surface area contributed by atoms with Crippen molar-refractivity contribution in [2.24, 2.45) is 0 Å². The van der Waals surface area contributed by atoms with Gasteiger partial charge in [0, 0.05) is 31.2 Å². The molecule has 0 radical (unpaired) electrons. The fourth-order valence-corrected chi connectivity index (χ4v) is 3.95. The molecule has 0 saturated carbocycles. The zero-order chi connectivity index (χ0) is 19.5. The summed E-state index contributed by atoms with van der Waals surface area (Å²) < 4.78 is 2.33. The zero-order valence-electron chi connectivity index (χ0n) is 16.7. The van der Waals surface area contributed by atoms with E-state index in [9.17, 15) is 4.79 Å². The smallest absolute Gasteiger partial charge is 0.251 e. The first-order chi connectivity index (χ1) is 13.7. The van der Waals surface area contributed by atoms with E-state index in [1.54, 1.807) is 0 Å². The molecule has 1 amide bonds. The summed E-state index contributed by atoms with van der Waals surface area (Å²) in [6.45, 7) is 7.02. The van der Waals surface area contributed by atoms with Crippen LogP contribution in [0.1, 0.15) is 42.1 Å². The van der Waals surface area contributed by atoms with Crippen molar-refractivity contribution in [1.82, 2.24) is 14.9 Å². The van der Waals surface area contributed by atoms with Gasteiger partial charge in [0.15, 0.2) is 0 Å². The lowest BCUT2D eigenvalue weighted by Crippen LogP contribution is -2.45. The van der Waals surface area contributed by atoms with E-state index in [-0.39, 0.29) is 11.9 Å². The molecule has 1 aliphatic rings. The van der Waals surface area contributed by atoms with Gasteiger partial charge in [-0.2, -0.15) is 0 Å². The van der Waals surface area contributed by atoms with Gasteiger partial charge < -0.3 is 14.8 Å². The first kappa shape index (κ1) is 18.5. The Morgan fingerprint density at radius 2 is 1.82 bits per heavy atom. The van der Waals surface area contributed by atoms with Gasteiger partial charge in [0.2, 0.25) is 5.95 Å². The van der Waals surface area contributed by atoms with E-state index >= 15 is 0 Å². The van der Waals surface area contributed by atoms with Crippen molar-refractivity contribution in [3.8, 4) is 0 Å². The van der Waals surface area contributed by atoms with Crippen LogP contribution in [-0.2, 0) is 6.54 Å². The largest absolute Gasteiger partial charge is 0.349 e. The Labute approximate surface area is 166 Å². The highest BCUT2D eigenvalue weighted by atomic mass is 16.1. The molecule has 0 spiro atoms. The molecule has 2 heterocycles. The Hall–Kier alpha value is -2.82. The fraction of sp³-hybridized carbons (Fsp3) is 0.391. The first-order valence-corrected chi connectivity index (χ1v) is 10.2. The molecule has 5 nitrogen and oxygen atoms in total. The Bertz CT molecular complexity index is 952. The van der Waals surface area contributed by atoms with Crippen LogP contribution in [0.3, 0.4) is 0 Å². The van der Waals surface area contributed by atoms with Crippen LogP contribution in [0.5, 0.6) is 0 Å². The summed E-state index contributed by atoms with van der Waals surface area (Å²) in [7, 11) is 0. The molecule has 1 aromatic heterocycles. The van der Waals surface area contributed by atoms with Gasteiger partial charge in [-0.1, -0.05) is 36.8 Å². The number of hydrogen-bond acceptors (Lipinski definition) is 3. The minimum Gasteiger partial charge on any atom is -0.349 e. The number of carbonyl (C=O) groups excluding carboxylic acids is 1. The molecule has 0 aliphatic carbocycles.